The molecule has 20 heavy (non-hydrogen) atoms. The van der Waals surface area contributed by atoms with Crippen molar-refractivity contribution in [3.8, 4) is 6.07 Å². The Morgan fingerprint density at radius 3 is 2.75 bits per heavy atom. The molecule has 1 heterocycles. The van der Waals surface area contributed by atoms with Crippen LogP contribution in [0.15, 0.2) is 12.3 Å². The van der Waals surface area contributed by atoms with Gasteiger partial charge in [-0.1, -0.05) is 19.3 Å². The lowest BCUT2D eigenvalue weighted by Gasteiger charge is -2.28. The van der Waals surface area contributed by atoms with Gasteiger partial charge in [-0.15, -0.1) is 0 Å². The molecule has 0 bridgehead atoms. The fourth-order valence-corrected chi connectivity index (χ4v) is 2.96. The number of carbonyl (C=O) groups is 1. The van der Waals surface area contributed by atoms with Crippen molar-refractivity contribution >= 4 is 5.78 Å². The lowest BCUT2D eigenvalue weighted by Crippen LogP contribution is -2.35. The molecule has 1 unspecified atom stereocenters. The third kappa shape index (κ3) is 3.22. The highest BCUT2D eigenvalue weighted by Gasteiger charge is 2.38. The maximum Gasteiger partial charge on any atom is 0.156 e. The third-order valence-electron chi connectivity index (χ3n) is 4.13. The lowest BCUT2D eigenvalue weighted by molar-refractivity contribution is -0.130. The van der Waals surface area contributed by atoms with Gasteiger partial charge in [-0.3, -0.25) is 4.79 Å². The zero-order valence-electron chi connectivity index (χ0n) is 12.2. The Hall–Kier alpha value is -1.76. The van der Waals surface area contributed by atoms with Gasteiger partial charge in [0.1, 0.15) is 11.2 Å². The minimum atomic E-state index is -0.969. The summed E-state index contributed by atoms with van der Waals surface area (Å²) in [6.07, 6.45) is 7.33. The molecular weight excluding hydrogens is 250 g/mol. The van der Waals surface area contributed by atoms with E-state index in [4.69, 9.17) is 0 Å². The smallest absolute Gasteiger partial charge is 0.156 e. The van der Waals surface area contributed by atoms with Gasteiger partial charge in [0.05, 0.1) is 6.07 Å². The largest absolute Gasteiger partial charge is 0.298 e. The number of Topliss-reactive ketones (excluding diaryl/α,β-unsaturated/α-hetero) is 1. The molecule has 0 amide bonds. The third-order valence-corrected chi connectivity index (χ3v) is 4.13. The Morgan fingerprint density at radius 2 is 2.15 bits per heavy atom. The second-order valence-electron chi connectivity index (χ2n) is 5.92. The number of hydrogen-bond donors (Lipinski definition) is 0. The van der Waals surface area contributed by atoms with Gasteiger partial charge in [0.15, 0.2) is 5.78 Å². The van der Waals surface area contributed by atoms with E-state index in [2.05, 4.69) is 16.0 Å². The van der Waals surface area contributed by atoms with E-state index < -0.39 is 5.41 Å². The first-order valence-corrected chi connectivity index (χ1v) is 7.29. The monoisotopic (exact) mass is 271 g/mol. The number of nitrogens with zero attached hydrogens (tertiary/aromatic N) is 3. The highest BCUT2D eigenvalue weighted by atomic mass is 16.1. The van der Waals surface area contributed by atoms with Crippen molar-refractivity contribution in [1.82, 2.24) is 9.97 Å². The van der Waals surface area contributed by atoms with Crippen LogP contribution in [0.5, 0.6) is 0 Å². The molecule has 4 heteroatoms. The molecular formula is C16H21N3O. The molecule has 1 atom stereocenters. The second kappa shape index (κ2) is 6.13. The van der Waals surface area contributed by atoms with Gasteiger partial charge in [0, 0.05) is 24.2 Å². The zero-order valence-corrected chi connectivity index (χ0v) is 12.2. The number of aryl methyl sites for hydroxylation is 1. The summed E-state index contributed by atoms with van der Waals surface area (Å²) in [7, 11) is 0. The van der Waals surface area contributed by atoms with Crippen LogP contribution < -0.4 is 0 Å². The molecule has 0 radical (unpaired) electrons. The van der Waals surface area contributed by atoms with Crippen molar-refractivity contribution in [1.29, 1.82) is 5.26 Å². The van der Waals surface area contributed by atoms with E-state index in [0.29, 0.717) is 12.2 Å². The summed E-state index contributed by atoms with van der Waals surface area (Å²) in [6, 6.07) is 4.02. The molecule has 0 aromatic carbocycles. The van der Waals surface area contributed by atoms with E-state index in [1.54, 1.807) is 19.2 Å². The maximum absolute atomic E-state index is 12.7. The molecule has 106 valence electrons. The number of carbonyl (C=O) groups excluding carboxylic acids is 1. The average Bonchev–Trinajstić information content (AvgIpc) is 2.47. The Kier molecular flexibility index (Phi) is 4.49. The van der Waals surface area contributed by atoms with E-state index in [9.17, 15) is 10.1 Å². The Labute approximate surface area is 120 Å². The SMILES string of the molecule is Cc1nccc(CC(C)(C#N)C(=O)C2CCCCC2)n1. The van der Waals surface area contributed by atoms with E-state index in [1.807, 2.05) is 6.92 Å². The number of rotatable bonds is 4. The summed E-state index contributed by atoms with van der Waals surface area (Å²) in [5, 5.41) is 9.50. The molecule has 4 nitrogen and oxygen atoms in total. The van der Waals surface area contributed by atoms with Crippen molar-refractivity contribution in [3.05, 3.63) is 23.8 Å². The first-order valence-electron chi connectivity index (χ1n) is 7.29. The number of aromatic nitrogens is 2. The number of ketones is 1. The van der Waals surface area contributed by atoms with Crippen LogP contribution in [0.1, 0.15) is 50.5 Å². The summed E-state index contributed by atoms with van der Waals surface area (Å²) in [4.78, 5) is 21.0. The summed E-state index contributed by atoms with van der Waals surface area (Å²) in [5.41, 5.74) is -0.200. The summed E-state index contributed by atoms with van der Waals surface area (Å²) in [5.74, 6) is 0.820. The van der Waals surface area contributed by atoms with E-state index >= 15 is 0 Å². The minimum Gasteiger partial charge on any atom is -0.298 e. The molecule has 2 rings (SSSR count). The van der Waals surface area contributed by atoms with Crippen LogP contribution in [-0.2, 0) is 11.2 Å². The van der Waals surface area contributed by atoms with Gasteiger partial charge in [-0.2, -0.15) is 5.26 Å². The molecule has 1 aromatic rings. The van der Waals surface area contributed by atoms with E-state index in [-0.39, 0.29) is 11.7 Å². The lowest BCUT2D eigenvalue weighted by atomic mass is 9.73. The van der Waals surface area contributed by atoms with Crippen molar-refractivity contribution in [2.45, 2.75) is 52.4 Å². The van der Waals surface area contributed by atoms with Gasteiger partial charge in [0.25, 0.3) is 0 Å². The quantitative estimate of drug-likeness (QED) is 0.844. The Morgan fingerprint density at radius 1 is 1.45 bits per heavy atom. The number of nitriles is 1. The van der Waals surface area contributed by atoms with Gasteiger partial charge in [-0.05, 0) is 32.8 Å². The van der Waals surface area contributed by atoms with Crippen LogP contribution in [-0.4, -0.2) is 15.8 Å². The Balaban J connectivity index is 2.16. The van der Waals surface area contributed by atoms with Crippen LogP contribution in [0, 0.1) is 29.6 Å². The average molecular weight is 271 g/mol. The first kappa shape index (κ1) is 14.6. The van der Waals surface area contributed by atoms with Gasteiger partial charge < -0.3 is 0 Å². The zero-order chi connectivity index (χ0) is 14.6. The molecule has 0 aliphatic heterocycles. The minimum absolute atomic E-state index is 0.0522. The molecule has 0 N–H and O–H groups in total. The summed E-state index contributed by atoms with van der Waals surface area (Å²) in [6.45, 7) is 3.57. The highest BCUT2D eigenvalue weighted by molar-refractivity contribution is 5.89. The summed E-state index contributed by atoms with van der Waals surface area (Å²) >= 11 is 0. The molecule has 1 aromatic heterocycles. The fraction of sp³-hybridized carbons (Fsp3) is 0.625. The molecule has 1 aliphatic carbocycles. The maximum atomic E-state index is 12.7. The van der Waals surface area contributed by atoms with E-state index in [0.717, 1.165) is 31.4 Å². The molecule has 0 spiro atoms. The molecule has 1 saturated carbocycles. The van der Waals surface area contributed by atoms with Gasteiger partial charge in [-0.25, -0.2) is 9.97 Å². The Bertz CT molecular complexity index is 529. The molecule has 0 saturated heterocycles. The highest BCUT2D eigenvalue weighted by Crippen LogP contribution is 2.33. The van der Waals surface area contributed by atoms with Crippen LogP contribution in [0.3, 0.4) is 0 Å². The van der Waals surface area contributed by atoms with Crippen molar-refractivity contribution in [2.75, 3.05) is 0 Å². The molecule has 1 aliphatic rings. The van der Waals surface area contributed by atoms with Crippen LogP contribution in [0.4, 0.5) is 0 Å². The van der Waals surface area contributed by atoms with E-state index in [1.165, 1.54) is 6.42 Å². The summed E-state index contributed by atoms with van der Waals surface area (Å²) < 4.78 is 0. The second-order valence-corrected chi connectivity index (χ2v) is 5.92. The fourth-order valence-electron chi connectivity index (χ4n) is 2.96. The molecule has 1 fully saturated rings. The normalized spacial score (nSPS) is 19.1. The van der Waals surface area contributed by atoms with Gasteiger partial charge in [0.2, 0.25) is 0 Å². The van der Waals surface area contributed by atoms with Crippen molar-refractivity contribution < 1.29 is 4.79 Å². The van der Waals surface area contributed by atoms with Crippen LogP contribution in [0.25, 0.3) is 0 Å². The van der Waals surface area contributed by atoms with Crippen molar-refractivity contribution in [3.63, 3.8) is 0 Å². The number of hydrogen-bond acceptors (Lipinski definition) is 4. The predicted octanol–water partition coefficient (Wildman–Crippen LogP) is 3.01. The topological polar surface area (TPSA) is 66.6 Å². The van der Waals surface area contributed by atoms with Gasteiger partial charge >= 0.3 is 0 Å². The first-order chi connectivity index (χ1) is 9.55. The van der Waals surface area contributed by atoms with Crippen LogP contribution in [0.2, 0.25) is 0 Å². The van der Waals surface area contributed by atoms with Crippen molar-refractivity contribution in [2.24, 2.45) is 11.3 Å². The predicted molar refractivity (Wildman–Crippen MR) is 75.8 cm³/mol. The standard InChI is InChI=1S/C16H21N3O/c1-12-18-9-8-14(19-12)10-16(2,11-17)15(20)13-6-4-3-5-7-13/h8-9,13H,3-7,10H2,1-2H3. The van der Waals surface area contributed by atoms with Crippen LogP contribution >= 0.6 is 0 Å².